The highest BCUT2D eigenvalue weighted by Gasteiger charge is 2.16. The van der Waals surface area contributed by atoms with Gasteiger partial charge in [0.05, 0.1) is 4.92 Å². The van der Waals surface area contributed by atoms with Crippen LogP contribution in [0.25, 0.3) is 6.08 Å². The molecular weight excluding hydrogens is 533 g/mol. The number of carbonyl (C=O) groups excluding carboxylic acids is 1. The molecule has 0 aliphatic carbocycles. The maximum Gasteiger partial charge on any atom is 0.289 e. The van der Waals surface area contributed by atoms with Gasteiger partial charge in [0.15, 0.2) is 0 Å². The standard InChI is InChI=1S/C23H14BrCl2N3O4/c24-17-3-8-22(33-13-14-1-4-18(25)5-2-14)15(10-17)9-16(12-27)23(30)28-19-6-7-20(26)21(11-19)29(31)32/h1-11H,13H2,(H,28,30)/b16-9+. The molecule has 33 heavy (non-hydrogen) atoms. The number of hydrogen-bond donors (Lipinski definition) is 1. The van der Waals surface area contributed by atoms with E-state index >= 15 is 0 Å². The Balaban J connectivity index is 1.84. The van der Waals surface area contributed by atoms with Gasteiger partial charge in [-0.15, -0.1) is 0 Å². The Morgan fingerprint density at radius 1 is 1.15 bits per heavy atom. The molecule has 0 spiro atoms. The molecule has 0 heterocycles. The van der Waals surface area contributed by atoms with Crippen LogP contribution >= 0.6 is 39.1 Å². The summed E-state index contributed by atoms with van der Waals surface area (Å²) in [6.45, 7) is 0.252. The Morgan fingerprint density at radius 2 is 1.88 bits per heavy atom. The summed E-state index contributed by atoms with van der Waals surface area (Å²) in [6, 6.07) is 18.0. The van der Waals surface area contributed by atoms with E-state index < -0.39 is 10.8 Å². The SMILES string of the molecule is N#C/C(=C\c1cc(Br)ccc1OCc1ccc(Cl)cc1)C(=O)Nc1ccc(Cl)c([N+](=O)[O-])c1. The minimum Gasteiger partial charge on any atom is -0.488 e. The maximum atomic E-state index is 12.7. The third kappa shape index (κ3) is 6.56. The van der Waals surface area contributed by atoms with Gasteiger partial charge >= 0.3 is 0 Å². The molecule has 0 fully saturated rings. The molecule has 1 amide bonds. The Labute approximate surface area is 207 Å². The molecule has 166 valence electrons. The lowest BCUT2D eigenvalue weighted by Gasteiger charge is -2.11. The minimum atomic E-state index is -0.738. The van der Waals surface area contributed by atoms with Gasteiger partial charge in [-0.3, -0.25) is 14.9 Å². The number of nitro benzene ring substituents is 1. The van der Waals surface area contributed by atoms with Crippen molar-refractivity contribution in [3.05, 3.63) is 102 Å². The lowest BCUT2D eigenvalue weighted by molar-refractivity contribution is -0.384. The van der Waals surface area contributed by atoms with Crippen molar-refractivity contribution in [1.82, 2.24) is 0 Å². The molecule has 0 aliphatic rings. The lowest BCUT2D eigenvalue weighted by atomic mass is 10.1. The monoisotopic (exact) mass is 545 g/mol. The third-order valence-corrected chi connectivity index (χ3v) is 5.41. The number of carbonyl (C=O) groups is 1. The normalized spacial score (nSPS) is 10.9. The molecule has 0 bridgehead atoms. The number of benzene rings is 3. The molecule has 0 unspecified atom stereocenters. The Morgan fingerprint density at radius 3 is 2.55 bits per heavy atom. The van der Waals surface area contributed by atoms with Gasteiger partial charge in [-0.1, -0.05) is 51.3 Å². The lowest BCUT2D eigenvalue weighted by Crippen LogP contribution is -2.13. The van der Waals surface area contributed by atoms with Crippen LogP contribution in [0.1, 0.15) is 11.1 Å². The van der Waals surface area contributed by atoms with E-state index in [0.717, 1.165) is 16.1 Å². The summed E-state index contributed by atoms with van der Waals surface area (Å²) in [7, 11) is 0. The zero-order chi connectivity index (χ0) is 24.0. The Bertz CT molecular complexity index is 1290. The molecule has 0 radical (unpaired) electrons. The average Bonchev–Trinajstić information content (AvgIpc) is 2.79. The van der Waals surface area contributed by atoms with Gasteiger partial charge in [0, 0.05) is 26.8 Å². The van der Waals surface area contributed by atoms with E-state index in [9.17, 15) is 20.2 Å². The minimum absolute atomic E-state index is 0.0642. The number of amides is 1. The summed E-state index contributed by atoms with van der Waals surface area (Å²) in [5, 5.41) is 23.6. The molecular formula is C23H14BrCl2N3O4. The van der Waals surface area contributed by atoms with Gasteiger partial charge < -0.3 is 10.1 Å². The van der Waals surface area contributed by atoms with Gasteiger partial charge in [0.1, 0.15) is 29.0 Å². The maximum absolute atomic E-state index is 12.7. The highest BCUT2D eigenvalue weighted by Crippen LogP contribution is 2.29. The highest BCUT2D eigenvalue weighted by molar-refractivity contribution is 9.10. The second kappa shape index (κ2) is 11.0. The van der Waals surface area contributed by atoms with Crippen LogP contribution in [0.15, 0.2) is 70.7 Å². The van der Waals surface area contributed by atoms with Crippen molar-refractivity contribution in [2.45, 2.75) is 6.61 Å². The first-order valence-electron chi connectivity index (χ1n) is 9.30. The predicted octanol–water partition coefficient (Wildman–Crippen LogP) is 6.79. The number of hydrogen-bond acceptors (Lipinski definition) is 5. The topological polar surface area (TPSA) is 105 Å². The molecule has 0 saturated carbocycles. The summed E-state index contributed by atoms with van der Waals surface area (Å²) >= 11 is 15.1. The van der Waals surface area contributed by atoms with E-state index in [0.29, 0.717) is 16.3 Å². The Hall–Kier alpha value is -3.38. The van der Waals surface area contributed by atoms with E-state index in [4.69, 9.17) is 27.9 Å². The van der Waals surface area contributed by atoms with E-state index in [1.807, 2.05) is 18.2 Å². The van der Waals surface area contributed by atoms with Gasteiger partial charge in [0.25, 0.3) is 11.6 Å². The number of nitriles is 1. The van der Waals surface area contributed by atoms with Crippen LogP contribution < -0.4 is 10.1 Å². The highest BCUT2D eigenvalue weighted by atomic mass is 79.9. The summed E-state index contributed by atoms with van der Waals surface area (Å²) in [6.07, 6.45) is 1.38. The van der Waals surface area contributed by atoms with Gasteiger partial charge in [0.2, 0.25) is 0 Å². The number of anilines is 1. The zero-order valence-electron chi connectivity index (χ0n) is 16.7. The van der Waals surface area contributed by atoms with Gasteiger partial charge in [-0.25, -0.2) is 0 Å². The summed E-state index contributed by atoms with van der Waals surface area (Å²) in [5.74, 6) is -0.284. The fourth-order valence-electron chi connectivity index (χ4n) is 2.74. The van der Waals surface area contributed by atoms with E-state index in [1.54, 1.807) is 30.3 Å². The fraction of sp³-hybridized carbons (Fsp3) is 0.0435. The largest absolute Gasteiger partial charge is 0.488 e. The predicted molar refractivity (Wildman–Crippen MR) is 130 cm³/mol. The second-order valence-corrected chi connectivity index (χ2v) is 8.40. The van der Waals surface area contributed by atoms with Crippen LogP contribution in [-0.4, -0.2) is 10.8 Å². The van der Waals surface area contributed by atoms with Gasteiger partial charge in [-0.2, -0.15) is 5.26 Å². The fourth-order valence-corrected chi connectivity index (χ4v) is 3.43. The van der Waals surface area contributed by atoms with Crippen LogP contribution in [0, 0.1) is 21.4 Å². The number of ether oxygens (including phenoxy) is 1. The molecule has 7 nitrogen and oxygen atoms in total. The summed E-state index contributed by atoms with van der Waals surface area (Å²) < 4.78 is 6.60. The molecule has 1 N–H and O–H groups in total. The summed E-state index contributed by atoms with van der Waals surface area (Å²) in [4.78, 5) is 23.1. The van der Waals surface area contributed by atoms with Crippen molar-refractivity contribution in [2.75, 3.05) is 5.32 Å². The van der Waals surface area contributed by atoms with Crippen molar-refractivity contribution < 1.29 is 14.5 Å². The van der Waals surface area contributed by atoms with E-state index in [2.05, 4.69) is 21.2 Å². The number of nitrogens with one attached hydrogen (secondary N) is 1. The number of nitrogens with zero attached hydrogens (tertiary/aromatic N) is 2. The quantitative estimate of drug-likeness (QED) is 0.152. The molecule has 3 rings (SSSR count). The molecule has 3 aromatic rings. The van der Waals surface area contributed by atoms with Crippen LogP contribution in [0.2, 0.25) is 10.0 Å². The van der Waals surface area contributed by atoms with Crippen LogP contribution in [-0.2, 0) is 11.4 Å². The molecule has 0 aliphatic heterocycles. The van der Waals surface area contributed by atoms with Crippen LogP contribution in [0.4, 0.5) is 11.4 Å². The Kier molecular flexibility index (Phi) is 8.06. The molecule has 0 atom stereocenters. The number of nitro groups is 1. The van der Waals surface area contributed by atoms with Crippen molar-refractivity contribution in [1.29, 1.82) is 5.26 Å². The van der Waals surface area contributed by atoms with Crippen LogP contribution in [0.3, 0.4) is 0 Å². The first kappa shape index (κ1) is 24.3. The number of halogens is 3. The molecule has 0 saturated heterocycles. The van der Waals surface area contributed by atoms with E-state index in [1.165, 1.54) is 18.2 Å². The third-order valence-electron chi connectivity index (χ3n) is 4.35. The molecule has 10 heteroatoms. The molecule has 0 aromatic heterocycles. The van der Waals surface area contributed by atoms with Crippen LogP contribution in [0.5, 0.6) is 5.75 Å². The smallest absolute Gasteiger partial charge is 0.289 e. The van der Waals surface area contributed by atoms with Crippen molar-refractivity contribution in [2.24, 2.45) is 0 Å². The molecule has 3 aromatic carbocycles. The van der Waals surface area contributed by atoms with Crippen molar-refractivity contribution >= 4 is 62.5 Å². The average molecular weight is 547 g/mol. The first-order chi connectivity index (χ1) is 15.8. The second-order valence-electron chi connectivity index (χ2n) is 6.64. The van der Waals surface area contributed by atoms with Crippen molar-refractivity contribution in [3.63, 3.8) is 0 Å². The van der Waals surface area contributed by atoms with E-state index in [-0.39, 0.29) is 28.6 Å². The van der Waals surface area contributed by atoms with Gasteiger partial charge in [-0.05, 0) is 54.1 Å². The zero-order valence-corrected chi connectivity index (χ0v) is 19.8. The van der Waals surface area contributed by atoms with Crippen molar-refractivity contribution in [3.8, 4) is 11.8 Å². The first-order valence-corrected chi connectivity index (χ1v) is 10.9. The number of rotatable bonds is 7. The summed E-state index contributed by atoms with van der Waals surface area (Å²) in [5.41, 5.74) is 0.932.